The van der Waals surface area contributed by atoms with E-state index in [2.05, 4.69) is 37.3 Å². The van der Waals surface area contributed by atoms with Gasteiger partial charge in [0.05, 0.1) is 6.10 Å². The van der Waals surface area contributed by atoms with Crippen molar-refractivity contribution in [3.63, 3.8) is 0 Å². The molecule has 0 aliphatic rings. The van der Waals surface area contributed by atoms with E-state index < -0.39 is 0 Å². The average molecular weight is 255 g/mol. The van der Waals surface area contributed by atoms with Crippen molar-refractivity contribution in [3.8, 4) is 16.9 Å². The van der Waals surface area contributed by atoms with E-state index in [1.807, 2.05) is 26.0 Å². The largest absolute Gasteiger partial charge is 0.491 e. The summed E-state index contributed by atoms with van der Waals surface area (Å²) in [6.07, 6.45) is 0.199. The van der Waals surface area contributed by atoms with Gasteiger partial charge in [0.15, 0.2) is 0 Å². The van der Waals surface area contributed by atoms with Crippen molar-refractivity contribution in [3.05, 3.63) is 53.6 Å². The van der Waals surface area contributed by atoms with E-state index in [4.69, 9.17) is 10.5 Å². The van der Waals surface area contributed by atoms with Crippen LogP contribution in [0.3, 0.4) is 0 Å². The minimum absolute atomic E-state index is 0.199. The first-order valence-electron chi connectivity index (χ1n) is 6.67. The van der Waals surface area contributed by atoms with Crippen LogP contribution in [0.5, 0.6) is 5.75 Å². The summed E-state index contributed by atoms with van der Waals surface area (Å²) in [5, 5.41) is 0. The van der Waals surface area contributed by atoms with Gasteiger partial charge in [0.2, 0.25) is 0 Å². The lowest BCUT2D eigenvalue weighted by Crippen LogP contribution is -2.05. The fraction of sp³-hybridized carbons (Fsp3) is 0.294. The summed E-state index contributed by atoms with van der Waals surface area (Å²) in [6, 6.07) is 14.6. The van der Waals surface area contributed by atoms with Crippen LogP contribution >= 0.6 is 0 Å². The van der Waals surface area contributed by atoms with Gasteiger partial charge in [-0.05, 0) is 49.6 Å². The molecular weight excluding hydrogens is 234 g/mol. The summed E-state index contributed by atoms with van der Waals surface area (Å²) in [5.41, 5.74) is 10.6. The number of nitrogens with two attached hydrogens (primary N) is 1. The fourth-order valence-corrected chi connectivity index (χ4v) is 2.12. The lowest BCUT2D eigenvalue weighted by Gasteiger charge is -2.12. The van der Waals surface area contributed by atoms with Gasteiger partial charge in [-0.2, -0.15) is 0 Å². The molecular formula is C17H21NO. The first-order chi connectivity index (χ1) is 9.10. The molecule has 0 heterocycles. The van der Waals surface area contributed by atoms with E-state index in [1.165, 1.54) is 22.3 Å². The molecule has 0 fully saturated rings. The predicted molar refractivity (Wildman–Crippen MR) is 80.3 cm³/mol. The van der Waals surface area contributed by atoms with Crippen LogP contribution in [0.1, 0.15) is 25.0 Å². The van der Waals surface area contributed by atoms with Crippen LogP contribution in [-0.2, 0) is 6.54 Å². The Balaban J connectivity index is 2.34. The smallest absolute Gasteiger partial charge is 0.119 e. The first-order valence-corrected chi connectivity index (χ1v) is 6.67. The minimum Gasteiger partial charge on any atom is -0.491 e. The Morgan fingerprint density at radius 3 is 2.32 bits per heavy atom. The Kier molecular flexibility index (Phi) is 4.23. The molecule has 2 aromatic carbocycles. The lowest BCUT2D eigenvalue weighted by atomic mass is 9.97. The molecule has 0 aliphatic heterocycles. The third kappa shape index (κ3) is 3.36. The number of rotatable bonds is 4. The van der Waals surface area contributed by atoms with E-state index in [0.717, 1.165) is 5.75 Å². The van der Waals surface area contributed by atoms with Crippen LogP contribution in [0.2, 0.25) is 0 Å². The average Bonchev–Trinajstić information content (AvgIpc) is 2.39. The van der Waals surface area contributed by atoms with Gasteiger partial charge in [-0.1, -0.05) is 35.9 Å². The van der Waals surface area contributed by atoms with E-state index >= 15 is 0 Å². The second-order valence-electron chi connectivity index (χ2n) is 5.06. The standard InChI is InChI=1S/C17H21NO/c1-12(2)19-16-8-6-14(7-9-16)17-10-13(3)4-5-15(17)11-18/h4-10,12H,11,18H2,1-3H3. The molecule has 100 valence electrons. The molecule has 19 heavy (non-hydrogen) atoms. The molecule has 0 amide bonds. The third-order valence-corrected chi connectivity index (χ3v) is 3.02. The number of aryl methyl sites for hydroxylation is 1. The third-order valence-electron chi connectivity index (χ3n) is 3.02. The van der Waals surface area contributed by atoms with E-state index in [1.54, 1.807) is 0 Å². The summed E-state index contributed by atoms with van der Waals surface area (Å²) in [7, 11) is 0. The maximum Gasteiger partial charge on any atom is 0.119 e. The Labute approximate surface area is 115 Å². The zero-order valence-corrected chi connectivity index (χ0v) is 11.8. The van der Waals surface area contributed by atoms with E-state index in [9.17, 15) is 0 Å². The van der Waals surface area contributed by atoms with Crippen molar-refractivity contribution in [1.82, 2.24) is 0 Å². The van der Waals surface area contributed by atoms with Crippen LogP contribution < -0.4 is 10.5 Å². The summed E-state index contributed by atoms with van der Waals surface area (Å²) < 4.78 is 5.66. The molecule has 0 radical (unpaired) electrons. The monoisotopic (exact) mass is 255 g/mol. The second kappa shape index (κ2) is 5.89. The van der Waals surface area contributed by atoms with Crippen LogP contribution in [0.15, 0.2) is 42.5 Å². The van der Waals surface area contributed by atoms with Gasteiger partial charge in [-0.15, -0.1) is 0 Å². The van der Waals surface area contributed by atoms with Crippen LogP contribution in [0.4, 0.5) is 0 Å². The normalized spacial score (nSPS) is 10.8. The highest BCUT2D eigenvalue weighted by molar-refractivity contribution is 5.68. The molecule has 0 spiro atoms. The molecule has 0 aliphatic carbocycles. The van der Waals surface area contributed by atoms with Crippen molar-refractivity contribution < 1.29 is 4.74 Å². The number of benzene rings is 2. The molecule has 0 aromatic heterocycles. The fourth-order valence-electron chi connectivity index (χ4n) is 2.12. The van der Waals surface area contributed by atoms with Gasteiger partial charge in [-0.3, -0.25) is 0 Å². The van der Waals surface area contributed by atoms with Gasteiger partial charge >= 0.3 is 0 Å². The molecule has 2 aromatic rings. The van der Waals surface area contributed by atoms with Crippen LogP contribution in [0, 0.1) is 6.92 Å². The lowest BCUT2D eigenvalue weighted by molar-refractivity contribution is 0.242. The number of ether oxygens (including phenoxy) is 1. The summed E-state index contributed by atoms with van der Waals surface area (Å²) in [5.74, 6) is 0.903. The van der Waals surface area contributed by atoms with Crippen molar-refractivity contribution in [2.24, 2.45) is 5.73 Å². The molecule has 2 rings (SSSR count). The minimum atomic E-state index is 0.199. The second-order valence-corrected chi connectivity index (χ2v) is 5.06. The molecule has 0 unspecified atom stereocenters. The van der Waals surface area contributed by atoms with Gasteiger partial charge in [0.1, 0.15) is 5.75 Å². The molecule has 0 saturated carbocycles. The van der Waals surface area contributed by atoms with Crippen molar-refractivity contribution in [2.75, 3.05) is 0 Å². The van der Waals surface area contributed by atoms with Crippen molar-refractivity contribution in [2.45, 2.75) is 33.4 Å². The molecule has 2 nitrogen and oxygen atoms in total. The summed E-state index contributed by atoms with van der Waals surface area (Å²) in [6.45, 7) is 6.71. The summed E-state index contributed by atoms with van der Waals surface area (Å²) in [4.78, 5) is 0. The van der Waals surface area contributed by atoms with Gasteiger partial charge in [-0.25, -0.2) is 0 Å². The van der Waals surface area contributed by atoms with E-state index in [0.29, 0.717) is 6.54 Å². The topological polar surface area (TPSA) is 35.2 Å². The SMILES string of the molecule is Cc1ccc(CN)c(-c2ccc(OC(C)C)cc2)c1. The molecule has 0 atom stereocenters. The highest BCUT2D eigenvalue weighted by Gasteiger charge is 2.05. The Morgan fingerprint density at radius 1 is 1.05 bits per heavy atom. The van der Waals surface area contributed by atoms with E-state index in [-0.39, 0.29) is 6.10 Å². The van der Waals surface area contributed by atoms with Gasteiger partial charge in [0, 0.05) is 6.54 Å². The number of hydrogen-bond acceptors (Lipinski definition) is 2. The molecule has 0 saturated heterocycles. The first kappa shape index (κ1) is 13.6. The van der Waals surface area contributed by atoms with Gasteiger partial charge < -0.3 is 10.5 Å². The predicted octanol–water partition coefficient (Wildman–Crippen LogP) is 3.91. The zero-order chi connectivity index (χ0) is 13.8. The number of hydrogen-bond donors (Lipinski definition) is 1. The Morgan fingerprint density at radius 2 is 1.74 bits per heavy atom. The van der Waals surface area contributed by atoms with Gasteiger partial charge in [0.25, 0.3) is 0 Å². The van der Waals surface area contributed by atoms with Crippen molar-refractivity contribution in [1.29, 1.82) is 0 Å². The van der Waals surface area contributed by atoms with Crippen molar-refractivity contribution >= 4 is 0 Å². The molecule has 2 heteroatoms. The Bertz CT molecular complexity index is 544. The van der Waals surface area contributed by atoms with Crippen LogP contribution in [-0.4, -0.2) is 6.10 Å². The maximum atomic E-state index is 5.81. The molecule has 2 N–H and O–H groups in total. The Hall–Kier alpha value is -1.80. The highest BCUT2D eigenvalue weighted by atomic mass is 16.5. The van der Waals surface area contributed by atoms with Crippen LogP contribution in [0.25, 0.3) is 11.1 Å². The zero-order valence-electron chi connectivity index (χ0n) is 11.8. The summed E-state index contributed by atoms with van der Waals surface area (Å²) >= 11 is 0. The molecule has 0 bridgehead atoms. The maximum absolute atomic E-state index is 5.81. The quantitative estimate of drug-likeness (QED) is 0.899. The highest BCUT2D eigenvalue weighted by Crippen LogP contribution is 2.27.